The number of anilines is 1. The lowest BCUT2D eigenvalue weighted by atomic mass is 10.0. The molecule has 6 nitrogen and oxygen atoms in total. The van der Waals surface area contributed by atoms with E-state index in [1.165, 1.54) is 0 Å². The Hall–Kier alpha value is -2.21. The van der Waals surface area contributed by atoms with Crippen molar-refractivity contribution in [2.24, 2.45) is 0 Å². The molecule has 6 heteroatoms. The van der Waals surface area contributed by atoms with Gasteiger partial charge in [0.2, 0.25) is 11.8 Å². The number of rotatable bonds is 5. The van der Waals surface area contributed by atoms with Crippen LogP contribution < -0.4 is 10.6 Å². The summed E-state index contributed by atoms with van der Waals surface area (Å²) in [5.74, 6) is -0.499. The maximum atomic E-state index is 11.9. The highest BCUT2D eigenvalue weighted by Crippen LogP contribution is 2.19. The molecular weight excluding hydrogens is 270 g/mol. The molecule has 1 heterocycles. The minimum Gasteiger partial charge on any atom is -0.388 e. The number of hydrogen-bond donors (Lipinski definition) is 2. The van der Waals surface area contributed by atoms with Crippen LogP contribution in [0.1, 0.15) is 28.8 Å². The molecular formula is C15H19N3O3. The number of likely N-dealkylation sites (N-methyl/N-ethyl adjacent to an activating group) is 1. The van der Waals surface area contributed by atoms with E-state index in [1.54, 1.807) is 6.07 Å². The largest absolute Gasteiger partial charge is 0.388 e. The van der Waals surface area contributed by atoms with Gasteiger partial charge in [-0.2, -0.15) is 0 Å². The van der Waals surface area contributed by atoms with Gasteiger partial charge in [0, 0.05) is 31.3 Å². The van der Waals surface area contributed by atoms with Crippen molar-refractivity contribution < 1.29 is 14.4 Å². The first kappa shape index (κ1) is 15.2. The molecule has 1 aliphatic rings. The molecule has 1 aromatic carbocycles. The molecule has 1 aliphatic heterocycles. The average Bonchev–Trinajstić information content (AvgIpc) is 2.46. The van der Waals surface area contributed by atoms with E-state index >= 15 is 0 Å². The lowest BCUT2D eigenvalue weighted by Gasteiger charge is -2.30. The number of benzene rings is 1. The SMILES string of the molecule is CNc1ccc(C=O)c(CN(C)C2CCC(=O)NC2=O)c1. The van der Waals surface area contributed by atoms with Gasteiger partial charge in [-0.3, -0.25) is 24.6 Å². The first-order valence-corrected chi connectivity index (χ1v) is 6.85. The molecule has 2 N–H and O–H groups in total. The fraction of sp³-hybridized carbons (Fsp3) is 0.400. The molecule has 0 radical (unpaired) electrons. The molecule has 0 spiro atoms. The zero-order valence-electron chi connectivity index (χ0n) is 12.2. The molecule has 112 valence electrons. The molecule has 0 aromatic heterocycles. The van der Waals surface area contributed by atoms with Gasteiger partial charge in [0.1, 0.15) is 6.29 Å². The highest BCUT2D eigenvalue weighted by molar-refractivity contribution is 6.00. The molecule has 1 atom stereocenters. The number of hydrogen-bond acceptors (Lipinski definition) is 5. The summed E-state index contributed by atoms with van der Waals surface area (Å²) < 4.78 is 0. The molecule has 1 fully saturated rings. The van der Waals surface area contributed by atoms with Gasteiger partial charge in [0.05, 0.1) is 6.04 Å². The number of carbonyl (C=O) groups is 3. The number of aldehydes is 1. The fourth-order valence-electron chi connectivity index (χ4n) is 2.49. The Kier molecular flexibility index (Phi) is 4.70. The zero-order chi connectivity index (χ0) is 15.4. The van der Waals surface area contributed by atoms with E-state index in [-0.39, 0.29) is 17.9 Å². The Morgan fingerprint density at radius 3 is 2.81 bits per heavy atom. The van der Waals surface area contributed by atoms with Crippen molar-refractivity contribution in [3.05, 3.63) is 29.3 Å². The highest BCUT2D eigenvalue weighted by Gasteiger charge is 2.29. The second kappa shape index (κ2) is 6.49. The molecule has 2 amide bonds. The minimum absolute atomic E-state index is 0.226. The van der Waals surface area contributed by atoms with E-state index in [1.807, 2.05) is 31.1 Å². The third-order valence-electron chi connectivity index (χ3n) is 3.72. The number of nitrogens with zero attached hydrogens (tertiary/aromatic N) is 1. The average molecular weight is 289 g/mol. The van der Waals surface area contributed by atoms with Crippen LogP contribution in [0.5, 0.6) is 0 Å². The summed E-state index contributed by atoms with van der Waals surface area (Å²) in [6.07, 6.45) is 1.66. The highest BCUT2D eigenvalue weighted by atomic mass is 16.2. The van der Waals surface area contributed by atoms with Crippen LogP contribution in [-0.2, 0) is 16.1 Å². The van der Waals surface area contributed by atoms with Crippen LogP contribution in [-0.4, -0.2) is 43.1 Å². The smallest absolute Gasteiger partial charge is 0.243 e. The van der Waals surface area contributed by atoms with Gasteiger partial charge in [0.25, 0.3) is 0 Å². The number of piperidine rings is 1. The molecule has 1 unspecified atom stereocenters. The molecule has 1 aromatic rings. The second-order valence-corrected chi connectivity index (χ2v) is 5.16. The molecule has 0 bridgehead atoms. The Morgan fingerprint density at radius 1 is 1.43 bits per heavy atom. The Bertz CT molecular complexity index is 571. The van der Waals surface area contributed by atoms with Crippen LogP contribution in [0.3, 0.4) is 0 Å². The first-order valence-electron chi connectivity index (χ1n) is 6.85. The van der Waals surface area contributed by atoms with Gasteiger partial charge in [-0.1, -0.05) is 0 Å². The van der Waals surface area contributed by atoms with Crippen LogP contribution in [0, 0.1) is 0 Å². The van der Waals surface area contributed by atoms with Gasteiger partial charge in [-0.15, -0.1) is 0 Å². The van der Waals surface area contributed by atoms with Crippen molar-refractivity contribution in [3.8, 4) is 0 Å². The number of carbonyl (C=O) groups excluding carboxylic acids is 3. The Labute approximate surface area is 123 Å². The van der Waals surface area contributed by atoms with Crippen LogP contribution in [0.2, 0.25) is 0 Å². The van der Waals surface area contributed by atoms with Gasteiger partial charge in [0.15, 0.2) is 0 Å². The maximum Gasteiger partial charge on any atom is 0.243 e. The molecule has 1 saturated heterocycles. The summed E-state index contributed by atoms with van der Waals surface area (Å²) in [5.41, 5.74) is 2.37. The van der Waals surface area contributed by atoms with Crippen LogP contribution >= 0.6 is 0 Å². The van der Waals surface area contributed by atoms with Crippen molar-refractivity contribution in [2.75, 3.05) is 19.4 Å². The molecule has 0 aliphatic carbocycles. The predicted molar refractivity (Wildman–Crippen MR) is 79.0 cm³/mol. The van der Waals surface area contributed by atoms with E-state index < -0.39 is 0 Å². The third kappa shape index (κ3) is 3.46. The van der Waals surface area contributed by atoms with E-state index in [0.717, 1.165) is 17.5 Å². The van der Waals surface area contributed by atoms with E-state index in [9.17, 15) is 14.4 Å². The van der Waals surface area contributed by atoms with Gasteiger partial charge in [-0.05, 0) is 37.2 Å². The Morgan fingerprint density at radius 2 is 2.19 bits per heavy atom. The van der Waals surface area contributed by atoms with Crippen LogP contribution in [0.25, 0.3) is 0 Å². The monoisotopic (exact) mass is 289 g/mol. The number of nitrogens with one attached hydrogen (secondary N) is 2. The van der Waals surface area contributed by atoms with Gasteiger partial charge >= 0.3 is 0 Å². The normalized spacial score (nSPS) is 18.5. The van der Waals surface area contributed by atoms with Crippen molar-refractivity contribution >= 4 is 23.8 Å². The van der Waals surface area contributed by atoms with E-state index in [0.29, 0.717) is 24.9 Å². The lowest BCUT2D eigenvalue weighted by molar-refractivity contribution is -0.137. The fourth-order valence-corrected chi connectivity index (χ4v) is 2.49. The van der Waals surface area contributed by atoms with Gasteiger partial charge < -0.3 is 5.32 Å². The summed E-state index contributed by atoms with van der Waals surface area (Å²) in [7, 11) is 3.63. The molecule has 0 saturated carbocycles. The summed E-state index contributed by atoms with van der Waals surface area (Å²) in [6.45, 7) is 0.468. The van der Waals surface area contributed by atoms with Gasteiger partial charge in [-0.25, -0.2) is 0 Å². The van der Waals surface area contributed by atoms with E-state index in [4.69, 9.17) is 0 Å². The van der Waals surface area contributed by atoms with Crippen LogP contribution in [0.15, 0.2) is 18.2 Å². The lowest BCUT2D eigenvalue weighted by Crippen LogP contribution is -2.51. The van der Waals surface area contributed by atoms with Crippen molar-refractivity contribution in [3.63, 3.8) is 0 Å². The summed E-state index contributed by atoms with van der Waals surface area (Å²) in [5, 5.41) is 5.37. The number of imide groups is 1. The Balaban J connectivity index is 2.15. The summed E-state index contributed by atoms with van der Waals surface area (Å²) in [4.78, 5) is 36.0. The summed E-state index contributed by atoms with van der Waals surface area (Å²) in [6, 6.07) is 5.14. The molecule has 21 heavy (non-hydrogen) atoms. The standard InChI is InChI=1S/C15H19N3O3/c1-16-12-4-3-10(9-19)11(7-12)8-18(2)13-5-6-14(20)17-15(13)21/h3-4,7,9,13,16H,5-6,8H2,1-2H3,(H,17,20,21). The van der Waals surface area contributed by atoms with E-state index in [2.05, 4.69) is 10.6 Å². The van der Waals surface area contributed by atoms with Crippen molar-refractivity contribution in [1.29, 1.82) is 0 Å². The third-order valence-corrected chi connectivity index (χ3v) is 3.72. The predicted octanol–water partition coefficient (Wildman–Crippen LogP) is 0.778. The topological polar surface area (TPSA) is 78.5 Å². The first-order chi connectivity index (χ1) is 10.0. The number of amides is 2. The van der Waals surface area contributed by atoms with Crippen molar-refractivity contribution in [2.45, 2.75) is 25.4 Å². The minimum atomic E-state index is -0.347. The van der Waals surface area contributed by atoms with Crippen molar-refractivity contribution in [1.82, 2.24) is 10.2 Å². The maximum absolute atomic E-state index is 11.9. The quantitative estimate of drug-likeness (QED) is 0.618. The molecule has 2 rings (SSSR count). The zero-order valence-corrected chi connectivity index (χ0v) is 12.2. The second-order valence-electron chi connectivity index (χ2n) is 5.16. The summed E-state index contributed by atoms with van der Waals surface area (Å²) >= 11 is 0. The van der Waals surface area contributed by atoms with Crippen LogP contribution in [0.4, 0.5) is 5.69 Å².